The quantitative estimate of drug-likeness (QED) is 0.827. The SMILES string of the molecule is CC1CCC(Cc2ccnc(N)c2)CC1C. The molecule has 3 atom stereocenters. The summed E-state index contributed by atoms with van der Waals surface area (Å²) in [6.45, 7) is 4.77. The second-order valence-corrected chi connectivity index (χ2v) is 5.43. The number of nitrogen functional groups attached to an aromatic ring is 1. The number of pyridine rings is 1. The molecule has 2 N–H and O–H groups in total. The zero-order chi connectivity index (χ0) is 11.5. The lowest BCUT2D eigenvalue weighted by Gasteiger charge is -2.32. The molecule has 1 heterocycles. The third-order valence-electron chi connectivity index (χ3n) is 4.08. The molecule has 0 amide bonds. The molecule has 1 aliphatic carbocycles. The molecule has 88 valence electrons. The van der Waals surface area contributed by atoms with Crippen LogP contribution in [0.5, 0.6) is 0 Å². The van der Waals surface area contributed by atoms with Crippen molar-refractivity contribution in [1.29, 1.82) is 0 Å². The number of aromatic nitrogens is 1. The number of rotatable bonds is 2. The molecule has 1 aliphatic rings. The fraction of sp³-hybridized carbons (Fsp3) is 0.643. The van der Waals surface area contributed by atoms with Crippen LogP contribution in [0.2, 0.25) is 0 Å². The van der Waals surface area contributed by atoms with Gasteiger partial charge < -0.3 is 5.73 Å². The van der Waals surface area contributed by atoms with E-state index in [0.29, 0.717) is 5.82 Å². The molecule has 1 aromatic heterocycles. The maximum atomic E-state index is 5.70. The molecule has 2 heteroatoms. The van der Waals surface area contributed by atoms with Crippen LogP contribution in [0.25, 0.3) is 0 Å². The Kier molecular flexibility index (Phi) is 3.47. The van der Waals surface area contributed by atoms with Crippen LogP contribution in [-0.2, 0) is 6.42 Å². The molecule has 0 bridgehead atoms. The Hall–Kier alpha value is -1.05. The highest BCUT2D eigenvalue weighted by Crippen LogP contribution is 2.34. The smallest absolute Gasteiger partial charge is 0.123 e. The summed E-state index contributed by atoms with van der Waals surface area (Å²) >= 11 is 0. The van der Waals surface area contributed by atoms with Gasteiger partial charge in [-0.15, -0.1) is 0 Å². The van der Waals surface area contributed by atoms with E-state index in [4.69, 9.17) is 5.73 Å². The molecular weight excluding hydrogens is 196 g/mol. The summed E-state index contributed by atoms with van der Waals surface area (Å²) in [5, 5.41) is 0. The summed E-state index contributed by atoms with van der Waals surface area (Å²) in [4.78, 5) is 4.04. The Bertz CT molecular complexity index is 348. The molecule has 1 aromatic rings. The minimum absolute atomic E-state index is 0.648. The molecule has 2 nitrogen and oxygen atoms in total. The van der Waals surface area contributed by atoms with E-state index >= 15 is 0 Å². The first-order chi connectivity index (χ1) is 7.65. The van der Waals surface area contributed by atoms with Gasteiger partial charge in [0.15, 0.2) is 0 Å². The average molecular weight is 218 g/mol. The van der Waals surface area contributed by atoms with Crippen molar-refractivity contribution in [2.45, 2.75) is 39.5 Å². The van der Waals surface area contributed by atoms with Crippen molar-refractivity contribution in [2.75, 3.05) is 5.73 Å². The first-order valence-corrected chi connectivity index (χ1v) is 6.35. The second kappa shape index (κ2) is 4.86. The Morgan fingerprint density at radius 3 is 2.81 bits per heavy atom. The van der Waals surface area contributed by atoms with E-state index in [2.05, 4.69) is 24.9 Å². The van der Waals surface area contributed by atoms with E-state index < -0.39 is 0 Å². The highest BCUT2D eigenvalue weighted by atomic mass is 14.8. The Morgan fingerprint density at radius 1 is 1.31 bits per heavy atom. The summed E-state index contributed by atoms with van der Waals surface area (Å²) in [6.07, 6.45) is 7.10. The molecule has 1 fully saturated rings. The minimum Gasteiger partial charge on any atom is -0.384 e. The van der Waals surface area contributed by atoms with Crippen LogP contribution in [-0.4, -0.2) is 4.98 Å². The first-order valence-electron chi connectivity index (χ1n) is 6.35. The first kappa shape index (κ1) is 11.4. The second-order valence-electron chi connectivity index (χ2n) is 5.43. The zero-order valence-electron chi connectivity index (χ0n) is 10.3. The van der Waals surface area contributed by atoms with Gasteiger partial charge in [-0.2, -0.15) is 0 Å². The van der Waals surface area contributed by atoms with Crippen LogP contribution < -0.4 is 5.73 Å². The molecule has 1 saturated carbocycles. The monoisotopic (exact) mass is 218 g/mol. The van der Waals surface area contributed by atoms with Crippen LogP contribution in [0.4, 0.5) is 5.82 Å². The van der Waals surface area contributed by atoms with Gasteiger partial charge in [-0.1, -0.05) is 20.3 Å². The summed E-state index contributed by atoms with van der Waals surface area (Å²) in [5.41, 5.74) is 7.05. The maximum Gasteiger partial charge on any atom is 0.123 e. The molecule has 3 unspecified atom stereocenters. The fourth-order valence-electron chi connectivity index (χ4n) is 2.80. The third kappa shape index (κ3) is 2.75. The summed E-state index contributed by atoms with van der Waals surface area (Å²) in [6, 6.07) is 4.11. The molecule has 0 aromatic carbocycles. The van der Waals surface area contributed by atoms with Gasteiger partial charge in [0.25, 0.3) is 0 Å². The van der Waals surface area contributed by atoms with Crippen LogP contribution in [0.3, 0.4) is 0 Å². The molecule has 2 rings (SSSR count). The lowest BCUT2D eigenvalue weighted by molar-refractivity contribution is 0.208. The highest BCUT2D eigenvalue weighted by molar-refractivity contribution is 5.31. The Balaban J connectivity index is 1.95. The molecule has 0 spiro atoms. The van der Waals surface area contributed by atoms with Gasteiger partial charge in [0.2, 0.25) is 0 Å². The van der Waals surface area contributed by atoms with Gasteiger partial charge in [-0.25, -0.2) is 4.98 Å². The van der Waals surface area contributed by atoms with E-state index in [0.717, 1.165) is 17.8 Å². The predicted molar refractivity (Wildman–Crippen MR) is 68.0 cm³/mol. The van der Waals surface area contributed by atoms with Gasteiger partial charge in [0.05, 0.1) is 0 Å². The van der Waals surface area contributed by atoms with Gasteiger partial charge in [-0.3, -0.25) is 0 Å². The van der Waals surface area contributed by atoms with Crippen molar-refractivity contribution in [2.24, 2.45) is 17.8 Å². The van der Waals surface area contributed by atoms with Gasteiger partial charge >= 0.3 is 0 Å². The van der Waals surface area contributed by atoms with E-state index in [1.165, 1.54) is 31.2 Å². The maximum absolute atomic E-state index is 5.70. The lowest BCUT2D eigenvalue weighted by atomic mass is 9.74. The van der Waals surface area contributed by atoms with E-state index in [1.54, 1.807) is 0 Å². The zero-order valence-corrected chi connectivity index (χ0v) is 10.3. The van der Waals surface area contributed by atoms with E-state index in [-0.39, 0.29) is 0 Å². The predicted octanol–water partition coefficient (Wildman–Crippen LogP) is 3.28. The van der Waals surface area contributed by atoms with Gasteiger partial charge in [0, 0.05) is 6.20 Å². The normalized spacial score (nSPS) is 30.2. The number of hydrogen-bond acceptors (Lipinski definition) is 2. The average Bonchev–Trinajstić information content (AvgIpc) is 2.24. The molecular formula is C14H22N2. The minimum atomic E-state index is 0.648. The standard InChI is InChI=1S/C14H22N2/c1-10-3-4-12(7-11(10)2)8-13-5-6-16-14(15)9-13/h5-6,9-12H,3-4,7-8H2,1-2H3,(H2,15,16). The topological polar surface area (TPSA) is 38.9 Å². The number of hydrogen-bond donors (Lipinski definition) is 1. The van der Waals surface area contributed by atoms with E-state index in [1.807, 2.05) is 12.3 Å². The molecule has 0 saturated heterocycles. The van der Waals surface area contributed by atoms with Crippen LogP contribution in [0.15, 0.2) is 18.3 Å². The Morgan fingerprint density at radius 2 is 2.12 bits per heavy atom. The summed E-state index contributed by atoms with van der Waals surface area (Å²) in [5.74, 6) is 3.26. The van der Waals surface area contributed by atoms with Crippen molar-refractivity contribution in [1.82, 2.24) is 4.98 Å². The number of anilines is 1. The third-order valence-corrected chi connectivity index (χ3v) is 4.08. The van der Waals surface area contributed by atoms with Crippen molar-refractivity contribution in [3.05, 3.63) is 23.9 Å². The lowest BCUT2D eigenvalue weighted by Crippen LogP contribution is -2.22. The number of nitrogens with two attached hydrogens (primary N) is 1. The van der Waals surface area contributed by atoms with Crippen molar-refractivity contribution in [3.8, 4) is 0 Å². The summed E-state index contributed by atoms with van der Waals surface area (Å²) in [7, 11) is 0. The van der Waals surface area contributed by atoms with Gasteiger partial charge in [-0.05, 0) is 54.7 Å². The largest absolute Gasteiger partial charge is 0.384 e. The molecule has 16 heavy (non-hydrogen) atoms. The molecule has 0 aliphatic heterocycles. The summed E-state index contributed by atoms with van der Waals surface area (Å²) < 4.78 is 0. The van der Waals surface area contributed by atoms with Crippen LogP contribution in [0, 0.1) is 17.8 Å². The van der Waals surface area contributed by atoms with Crippen molar-refractivity contribution >= 4 is 5.82 Å². The number of nitrogens with zero attached hydrogens (tertiary/aromatic N) is 1. The molecule has 0 radical (unpaired) electrons. The van der Waals surface area contributed by atoms with Crippen LogP contribution in [0.1, 0.15) is 38.7 Å². The Labute approximate surface area is 98.3 Å². The van der Waals surface area contributed by atoms with Crippen molar-refractivity contribution < 1.29 is 0 Å². The van der Waals surface area contributed by atoms with Crippen LogP contribution >= 0.6 is 0 Å². The van der Waals surface area contributed by atoms with Crippen molar-refractivity contribution in [3.63, 3.8) is 0 Å². The van der Waals surface area contributed by atoms with E-state index in [9.17, 15) is 0 Å². The highest BCUT2D eigenvalue weighted by Gasteiger charge is 2.24. The van der Waals surface area contributed by atoms with Gasteiger partial charge in [0.1, 0.15) is 5.82 Å². The fourth-order valence-corrected chi connectivity index (χ4v) is 2.80.